The quantitative estimate of drug-likeness (QED) is 0.865. The average Bonchev–Trinajstić information content (AvgIpc) is 2.45. The fraction of sp³-hybridized carbons (Fsp3) is 0.727. The molecule has 0 unspecified atom stereocenters. The summed E-state index contributed by atoms with van der Waals surface area (Å²) in [5.74, 6) is 1.02. The molecule has 2 N–H and O–H groups in total. The Morgan fingerprint density at radius 2 is 2.20 bits per heavy atom. The van der Waals surface area contributed by atoms with E-state index >= 15 is 0 Å². The molecular formula is C11H20N2S2. The Balaban J connectivity index is 2.49. The normalized spacial score (nSPS) is 12.4. The Kier molecular flexibility index (Phi) is 4.62. The van der Waals surface area contributed by atoms with E-state index in [9.17, 15) is 0 Å². The predicted octanol–water partition coefficient (Wildman–Crippen LogP) is 3.06. The Morgan fingerprint density at radius 3 is 2.73 bits per heavy atom. The van der Waals surface area contributed by atoms with Gasteiger partial charge in [-0.2, -0.15) is 11.8 Å². The summed E-state index contributed by atoms with van der Waals surface area (Å²) >= 11 is 3.68. The van der Waals surface area contributed by atoms with Crippen molar-refractivity contribution in [2.45, 2.75) is 50.7 Å². The van der Waals surface area contributed by atoms with Gasteiger partial charge < -0.3 is 5.73 Å². The van der Waals surface area contributed by atoms with Gasteiger partial charge in [-0.3, -0.25) is 0 Å². The molecule has 86 valence electrons. The van der Waals surface area contributed by atoms with E-state index in [1.807, 2.05) is 25.6 Å². The van der Waals surface area contributed by atoms with Crippen LogP contribution in [0.1, 0.15) is 38.4 Å². The molecule has 15 heavy (non-hydrogen) atoms. The van der Waals surface area contributed by atoms with Gasteiger partial charge in [-0.15, -0.1) is 11.3 Å². The minimum atomic E-state index is -0.156. The summed E-state index contributed by atoms with van der Waals surface area (Å²) in [4.78, 5) is 4.59. The molecule has 4 heteroatoms. The summed E-state index contributed by atoms with van der Waals surface area (Å²) in [7, 11) is 0. The zero-order valence-corrected chi connectivity index (χ0v) is 11.5. The van der Waals surface area contributed by atoms with Gasteiger partial charge in [-0.25, -0.2) is 4.98 Å². The van der Waals surface area contributed by atoms with Gasteiger partial charge in [0.05, 0.1) is 5.69 Å². The van der Waals surface area contributed by atoms with Crippen molar-refractivity contribution < 1.29 is 0 Å². The number of nitrogens with zero attached hydrogens (tertiary/aromatic N) is 1. The minimum Gasteiger partial charge on any atom is -0.325 e. The van der Waals surface area contributed by atoms with E-state index in [2.05, 4.69) is 24.2 Å². The van der Waals surface area contributed by atoms with Crippen molar-refractivity contribution in [1.82, 2.24) is 4.98 Å². The highest BCUT2D eigenvalue weighted by Gasteiger charge is 2.14. The highest BCUT2D eigenvalue weighted by atomic mass is 32.2. The van der Waals surface area contributed by atoms with Gasteiger partial charge >= 0.3 is 0 Å². The van der Waals surface area contributed by atoms with Crippen LogP contribution in [0.4, 0.5) is 0 Å². The third kappa shape index (κ3) is 5.54. The first kappa shape index (κ1) is 13.0. The lowest BCUT2D eigenvalue weighted by atomic mass is 10.0. The van der Waals surface area contributed by atoms with Gasteiger partial charge in [-0.05, 0) is 19.1 Å². The van der Waals surface area contributed by atoms with E-state index in [1.54, 1.807) is 11.3 Å². The number of thioether (sulfide) groups is 1. The molecule has 0 radical (unpaired) electrons. The Hall–Kier alpha value is -0.0600. The van der Waals surface area contributed by atoms with Crippen molar-refractivity contribution in [3.8, 4) is 0 Å². The molecule has 0 amide bonds. The Morgan fingerprint density at radius 1 is 1.53 bits per heavy atom. The van der Waals surface area contributed by atoms with E-state index in [0.717, 1.165) is 17.9 Å². The summed E-state index contributed by atoms with van der Waals surface area (Å²) in [5, 5.41) is 4.02. The molecule has 1 aromatic heterocycles. The molecule has 0 fully saturated rings. The maximum Gasteiger partial charge on any atom is 0.103 e. The molecule has 0 saturated heterocycles. The fourth-order valence-corrected chi connectivity index (χ4v) is 2.80. The summed E-state index contributed by atoms with van der Waals surface area (Å²) in [6, 6.07) is 0. The predicted molar refractivity (Wildman–Crippen MR) is 70.5 cm³/mol. The molecule has 0 bridgehead atoms. The van der Waals surface area contributed by atoms with Crippen molar-refractivity contribution in [2.75, 3.05) is 0 Å². The van der Waals surface area contributed by atoms with Crippen molar-refractivity contribution in [3.05, 3.63) is 16.1 Å². The lowest BCUT2D eigenvalue weighted by molar-refractivity contribution is 0.511. The van der Waals surface area contributed by atoms with Gasteiger partial charge in [0.15, 0.2) is 0 Å². The van der Waals surface area contributed by atoms with E-state index in [0.29, 0.717) is 5.25 Å². The molecular weight excluding hydrogens is 224 g/mol. The number of hydrogen-bond donors (Lipinski definition) is 1. The van der Waals surface area contributed by atoms with Gasteiger partial charge in [0.25, 0.3) is 0 Å². The second kappa shape index (κ2) is 5.32. The number of hydrogen-bond acceptors (Lipinski definition) is 4. The van der Waals surface area contributed by atoms with Crippen LogP contribution >= 0.6 is 23.1 Å². The third-order valence-corrected chi connectivity index (χ3v) is 3.96. The zero-order chi connectivity index (χ0) is 11.5. The van der Waals surface area contributed by atoms with E-state index < -0.39 is 0 Å². The van der Waals surface area contributed by atoms with Gasteiger partial charge in [0.1, 0.15) is 5.01 Å². The van der Waals surface area contributed by atoms with Crippen LogP contribution in [0.2, 0.25) is 0 Å². The number of nitrogens with two attached hydrogens (primary N) is 1. The van der Waals surface area contributed by atoms with Crippen LogP contribution in [-0.4, -0.2) is 15.8 Å². The fourth-order valence-electron chi connectivity index (χ4n) is 1.20. The Bertz CT molecular complexity index is 300. The third-order valence-electron chi connectivity index (χ3n) is 1.78. The smallest absolute Gasteiger partial charge is 0.103 e. The highest BCUT2D eigenvalue weighted by molar-refractivity contribution is 7.99. The van der Waals surface area contributed by atoms with Crippen LogP contribution in [0.25, 0.3) is 0 Å². The number of rotatable bonds is 5. The largest absolute Gasteiger partial charge is 0.325 e. The van der Waals surface area contributed by atoms with E-state index in [4.69, 9.17) is 5.73 Å². The van der Waals surface area contributed by atoms with Crippen molar-refractivity contribution in [2.24, 2.45) is 5.73 Å². The molecule has 0 aromatic carbocycles. The van der Waals surface area contributed by atoms with Crippen molar-refractivity contribution in [1.29, 1.82) is 0 Å². The standard InChI is InChI=1S/C11H20N2S2/c1-8(2)14-7-10-13-9(6-15-10)5-11(3,4)12/h6,8H,5,7,12H2,1-4H3. The van der Waals surface area contributed by atoms with Crippen LogP contribution in [0.3, 0.4) is 0 Å². The number of aromatic nitrogens is 1. The van der Waals surface area contributed by atoms with Gasteiger partial charge in [0.2, 0.25) is 0 Å². The molecule has 0 aliphatic heterocycles. The second-order valence-corrected chi connectivity index (χ2v) is 7.27. The van der Waals surface area contributed by atoms with Crippen LogP contribution in [-0.2, 0) is 12.2 Å². The van der Waals surface area contributed by atoms with Gasteiger partial charge in [-0.1, -0.05) is 13.8 Å². The van der Waals surface area contributed by atoms with Crippen LogP contribution in [0.15, 0.2) is 5.38 Å². The SMILES string of the molecule is CC(C)SCc1nc(CC(C)(C)N)cs1. The first-order chi connectivity index (χ1) is 6.87. The topological polar surface area (TPSA) is 38.9 Å². The van der Waals surface area contributed by atoms with E-state index in [1.165, 1.54) is 5.01 Å². The summed E-state index contributed by atoms with van der Waals surface area (Å²) in [6.07, 6.45) is 0.857. The summed E-state index contributed by atoms with van der Waals surface area (Å²) in [6.45, 7) is 8.49. The summed E-state index contributed by atoms with van der Waals surface area (Å²) < 4.78 is 0. The first-order valence-electron chi connectivity index (χ1n) is 5.20. The first-order valence-corrected chi connectivity index (χ1v) is 7.13. The van der Waals surface area contributed by atoms with E-state index in [-0.39, 0.29) is 5.54 Å². The van der Waals surface area contributed by atoms with Crippen molar-refractivity contribution >= 4 is 23.1 Å². The molecule has 0 atom stereocenters. The minimum absolute atomic E-state index is 0.156. The lowest BCUT2D eigenvalue weighted by Crippen LogP contribution is -2.34. The van der Waals surface area contributed by atoms with Crippen LogP contribution in [0, 0.1) is 0 Å². The van der Waals surface area contributed by atoms with Gasteiger partial charge in [0, 0.05) is 23.1 Å². The molecule has 0 spiro atoms. The van der Waals surface area contributed by atoms with Crippen molar-refractivity contribution in [3.63, 3.8) is 0 Å². The van der Waals surface area contributed by atoms with Crippen LogP contribution in [0.5, 0.6) is 0 Å². The average molecular weight is 244 g/mol. The number of thiazole rings is 1. The molecule has 1 heterocycles. The molecule has 2 nitrogen and oxygen atoms in total. The zero-order valence-electron chi connectivity index (χ0n) is 9.91. The lowest BCUT2D eigenvalue weighted by Gasteiger charge is -2.16. The Labute approximate surface area is 101 Å². The molecule has 0 aliphatic rings. The second-order valence-electron chi connectivity index (χ2n) is 4.76. The summed E-state index contributed by atoms with van der Waals surface area (Å²) in [5.41, 5.74) is 6.93. The molecule has 0 aliphatic carbocycles. The highest BCUT2D eigenvalue weighted by Crippen LogP contribution is 2.21. The maximum atomic E-state index is 5.96. The monoisotopic (exact) mass is 244 g/mol. The molecule has 1 aromatic rings. The maximum absolute atomic E-state index is 5.96. The molecule has 0 saturated carbocycles. The van der Waals surface area contributed by atoms with Crippen LogP contribution < -0.4 is 5.73 Å². The molecule has 1 rings (SSSR count).